The zero-order chi connectivity index (χ0) is 19.2. The lowest BCUT2D eigenvalue weighted by molar-refractivity contribution is -0.143. The molecule has 0 aliphatic heterocycles. The highest BCUT2D eigenvalue weighted by molar-refractivity contribution is 8.76. The fraction of sp³-hybridized carbons (Fsp3) is 0.217. The molecular weight excluding hydrogens is 386 g/mol. The molecule has 1 aliphatic carbocycles. The van der Waals surface area contributed by atoms with Gasteiger partial charge in [0.05, 0.1) is 0 Å². The molecule has 0 saturated carbocycles. The number of carbonyl (C=O) groups excluding carboxylic acids is 1. The zero-order valence-electron chi connectivity index (χ0n) is 15.4. The number of carbonyl (C=O) groups is 1. The average molecular weight is 408 g/mol. The number of hydrogen-bond donors (Lipinski definition) is 0. The smallest absolute Gasteiger partial charge is 0.305 e. The van der Waals surface area contributed by atoms with Crippen LogP contribution in [0.1, 0.15) is 29.9 Å². The van der Waals surface area contributed by atoms with Crippen molar-refractivity contribution in [2.75, 3.05) is 12.4 Å². The number of esters is 1. The van der Waals surface area contributed by atoms with E-state index >= 15 is 0 Å². The van der Waals surface area contributed by atoms with E-state index in [4.69, 9.17) is 4.74 Å². The summed E-state index contributed by atoms with van der Waals surface area (Å²) in [6, 6.07) is 22.7. The molecule has 1 heterocycles. The Morgan fingerprint density at radius 2 is 1.61 bits per heavy atom. The van der Waals surface area contributed by atoms with E-state index in [1.807, 2.05) is 18.2 Å². The third kappa shape index (κ3) is 4.42. The van der Waals surface area contributed by atoms with Crippen molar-refractivity contribution in [1.82, 2.24) is 4.98 Å². The van der Waals surface area contributed by atoms with Crippen molar-refractivity contribution >= 4 is 27.6 Å². The Hall–Kier alpha value is -2.24. The second kappa shape index (κ2) is 9.30. The first-order chi connectivity index (χ1) is 13.8. The van der Waals surface area contributed by atoms with E-state index in [1.165, 1.54) is 22.3 Å². The summed E-state index contributed by atoms with van der Waals surface area (Å²) < 4.78 is 5.64. The Morgan fingerprint density at radius 3 is 2.29 bits per heavy atom. The minimum atomic E-state index is -0.120. The van der Waals surface area contributed by atoms with Gasteiger partial charge >= 0.3 is 5.97 Å². The lowest BCUT2D eigenvalue weighted by atomic mass is 9.98. The van der Waals surface area contributed by atoms with Crippen LogP contribution >= 0.6 is 21.6 Å². The normalized spacial score (nSPS) is 12.4. The third-order valence-electron chi connectivity index (χ3n) is 4.76. The van der Waals surface area contributed by atoms with Gasteiger partial charge < -0.3 is 4.74 Å². The van der Waals surface area contributed by atoms with Crippen LogP contribution in [0.5, 0.6) is 0 Å². The predicted octanol–water partition coefficient (Wildman–Crippen LogP) is 5.96. The maximum atomic E-state index is 12.2. The maximum absolute atomic E-state index is 12.2. The number of hydrogen-bond acceptors (Lipinski definition) is 5. The van der Waals surface area contributed by atoms with Crippen LogP contribution in [0.2, 0.25) is 0 Å². The molecule has 0 atom stereocenters. The van der Waals surface area contributed by atoms with Gasteiger partial charge in [0.25, 0.3) is 0 Å². The van der Waals surface area contributed by atoms with Gasteiger partial charge in [-0.1, -0.05) is 65.4 Å². The van der Waals surface area contributed by atoms with Crippen LogP contribution < -0.4 is 0 Å². The van der Waals surface area contributed by atoms with Crippen molar-refractivity contribution in [1.29, 1.82) is 0 Å². The van der Waals surface area contributed by atoms with Gasteiger partial charge in [0.2, 0.25) is 0 Å². The Balaban J connectivity index is 1.25. The van der Waals surface area contributed by atoms with E-state index in [-0.39, 0.29) is 11.9 Å². The minimum absolute atomic E-state index is 0.120. The molecule has 0 bridgehead atoms. The highest BCUT2D eigenvalue weighted by atomic mass is 33.1. The number of ether oxygens (including phenoxy) is 1. The van der Waals surface area contributed by atoms with E-state index < -0.39 is 0 Å². The molecule has 0 saturated heterocycles. The van der Waals surface area contributed by atoms with Gasteiger partial charge in [-0.05, 0) is 51.6 Å². The van der Waals surface area contributed by atoms with E-state index in [1.54, 1.807) is 27.8 Å². The Kier molecular flexibility index (Phi) is 6.34. The molecule has 0 spiro atoms. The molecule has 0 unspecified atom stereocenters. The maximum Gasteiger partial charge on any atom is 0.305 e. The summed E-state index contributed by atoms with van der Waals surface area (Å²) in [5.74, 6) is 0.904. The molecule has 5 heteroatoms. The van der Waals surface area contributed by atoms with Crippen molar-refractivity contribution in [2.24, 2.45) is 0 Å². The summed E-state index contributed by atoms with van der Waals surface area (Å²) in [5.41, 5.74) is 5.00. The third-order valence-corrected chi connectivity index (χ3v) is 7.12. The highest BCUT2D eigenvalue weighted by Crippen LogP contribution is 2.44. The van der Waals surface area contributed by atoms with Crippen LogP contribution in [0.25, 0.3) is 11.1 Å². The van der Waals surface area contributed by atoms with Gasteiger partial charge in [-0.25, -0.2) is 4.98 Å². The Labute approximate surface area is 173 Å². The average Bonchev–Trinajstić information content (AvgIpc) is 3.07. The lowest BCUT2D eigenvalue weighted by Crippen LogP contribution is -2.12. The van der Waals surface area contributed by atoms with Crippen molar-refractivity contribution in [3.63, 3.8) is 0 Å². The number of benzene rings is 2. The first kappa shape index (κ1) is 19.1. The van der Waals surface area contributed by atoms with E-state index in [9.17, 15) is 4.79 Å². The van der Waals surface area contributed by atoms with Gasteiger partial charge in [0.15, 0.2) is 0 Å². The molecule has 0 radical (unpaired) electrons. The molecule has 2 aromatic carbocycles. The van der Waals surface area contributed by atoms with Gasteiger partial charge in [-0.3, -0.25) is 4.79 Å². The SMILES string of the molecule is O=C(CCCSSc1ccccn1)OCC1c2ccccc2-c2ccccc21. The molecule has 0 fully saturated rings. The number of fused-ring (bicyclic) bond motifs is 3. The topological polar surface area (TPSA) is 39.2 Å². The summed E-state index contributed by atoms with van der Waals surface area (Å²) in [6.45, 7) is 0.405. The van der Waals surface area contributed by atoms with E-state index in [0.717, 1.165) is 17.2 Å². The molecule has 142 valence electrons. The van der Waals surface area contributed by atoms with Crippen LogP contribution in [0, 0.1) is 0 Å². The quantitative estimate of drug-likeness (QED) is 0.262. The largest absolute Gasteiger partial charge is 0.465 e. The number of rotatable bonds is 8. The van der Waals surface area contributed by atoms with Crippen molar-refractivity contribution in [3.05, 3.63) is 84.1 Å². The second-order valence-electron chi connectivity index (χ2n) is 6.59. The lowest BCUT2D eigenvalue weighted by Gasteiger charge is -2.14. The molecule has 4 rings (SSSR count). The standard InChI is InChI=1S/C23H21NO2S2/c25-23(13-7-15-27-28-22-12-5-6-14-24-22)26-16-21-19-10-3-1-8-17(19)18-9-2-4-11-20(18)21/h1-6,8-12,14,21H,7,13,15-16H2. The summed E-state index contributed by atoms with van der Waals surface area (Å²) in [6.07, 6.45) is 3.05. The number of pyridine rings is 1. The van der Waals surface area contributed by atoms with Gasteiger partial charge in [-0.15, -0.1) is 0 Å². The van der Waals surface area contributed by atoms with Crippen LogP contribution in [0.4, 0.5) is 0 Å². The van der Waals surface area contributed by atoms with Gasteiger partial charge in [-0.2, -0.15) is 0 Å². The summed E-state index contributed by atoms with van der Waals surface area (Å²) in [7, 11) is 3.36. The second-order valence-corrected chi connectivity index (χ2v) is 9.02. The molecular formula is C23H21NO2S2. The zero-order valence-corrected chi connectivity index (χ0v) is 17.0. The molecule has 1 aliphatic rings. The van der Waals surface area contributed by atoms with Crippen LogP contribution in [-0.4, -0.2) is 23.3 Å². The van der Waals surface area contributed by atoms with Crippen molar-refractivity contribution in [2.45, 2.75) is 23.8 Å². The first-order valence-corrected chi connectivity index (χ1v) is 11.7. The molecule has 1 aromatic heterocycles. The summed E-state index contributed by atoms with van der Waals surface area (Å²) >= 11 is 0. The van der Waals surface area contributed by atoms with Gasteiger partial charge in [0, 0.05) is 24.3 Å². The summed E-state index contributed by atoms with van der Waals surface area (Å²) in [5, 5.41) is 0.994. The Bertz CT molecular complexity index is 901. The first-order valence-electron chi connectivity index (χ1n) is 9.37. The van der Waals surface area contributed by atoms with Crippen LogP contribution in [0.15, 0.2) is 78.0 Å². The fourth-order valence-electron chi connectivity index (χ4n) is 3.46. The fourth-order valence-corrected chi connectivity index (χ4v) is 5.43. The van der Waals surface area contributed by atoms with Crippen LogP contribution in [0.3, 0.4) is 0 Å². The molecule has 28 heavy (non-hydrogen) atoms. The molecule has 3 aromatic rings. The Morgan fingerprint density at radius 1 is 0.929 bits per heavy atom. The van der Waals surface area contributed by atoms with Crippen molar-refractivity contribution in [3.8, 4) is 11.1 Å². The number of nitrogens with zero attached hydrogens (tertiary/aromatic N) is 1. The predicted molar refractivity (Wildman–Crippen MR) is 116 cm³/mol. The molecule has 3 nitrogen and oxygen atoms in total. The number of aromatic nitrogens is 1. The van der Waals surface area contributed by atoms with Gasteiger partial charge in [0.1, 0.15) is 11.6 Å². The monoisotopic (exact) mass is 407 g/mol. The molecule has 0 N–H and O–H groups in total. The van der Waals surface area contributed by atoms with E-state index in [0.29, 0.717) is 13.0 Å². The van der Waals surface area contributed by atoms with E-state index in [2.05, 4.69) is 53.5 Å². The van der Waals surface area contributed by atoms with Crippen molar-refractivity contribution < 1.29 is 9.53 Å². The minimum Gasteiger partial charge on any atom is -0.465 e. The highest BCUT2D eigenvalue weighted by Gasteiger charge is 2.28. The van der Waals surface area contributed by atoms with Crippen LogP contribution in [-0.2, 0) is 9.53 Å². The molecule has 0 amide bonds. The summed E-state index contributed by atoms with van der Waals surface area (Å²) in [4.78, 5) is 16.5.